The Morgan fingerprint density at radius 2 is 1.94 bits per heavy atom. The number of benzene rings is 1. The van der Waals surface area contributed by atoms with E-state index >= 15 is 0 Å². The number of carboxylic acids is 1. The van der Waals surface area contributed by atoms with Crippen molar-refractivity contribution >= 4 is 15.8 Å². The van der Waals surface area contributed by atoms with Crippen LogP contribution in [0.3, 0.4) is 0 Å². The van der Waals surface area contributed by atoms with Crippen LogP contribution in [0.1, 0.15) is 22.8 Å². The van der Waals surface area contributed by atoms with E-state index in [1.165, 1.54) is 6.07 Å². The average Bonchev–Trinajstić information content (AvgIpc) is 2.16. The van der Waals surface area contributed by atoms with Gasteiger partial charge in [-0.2, -0.15) is 0 Å². The first-order valence-electron chi connectivity index (χ1n) is 4.82. The summed E-state index contributed by atoms with van der Waals surface area (Å²) in [5.41, 5.74) is 0.714. The van der Waals surface area contributed by atoms with E-state index in [0.717, 1.165) is 6.26 Å². The molecule has 0 aliphatic heterocycles. The van der Waals surface area contributed by atoms with Gasteiger partial charge in [-0.3, -0.25) is 0 Å². The molecule has 0 fully saturated rings. The highest BCUT2D eigenvalue weighted by Crippen LogP contribution is 2.14. The monoisotopic (exact) mass is 242 g/mol. The molecule has 1 rings (SSSR count). The van der Waals surface area contributed by atoms with E-state index in [4.69, 9.17) is 5.11 Å². The minimum Gasteiger partial charge on any atom is -0.478 e. The molecule has 5 heteroatoms. The highest BCUT2D eigenvalue weighted by molar-refractivity contribution is 7.91. The molecule has 16 heavy (non-hydrogen) atoms. The van der Waals surface area contributed by atoms with Gasteiger partial charge in [0.2, 0.25) is 0 Å². The highest BCUT2D eigenvalue weighted by Gasteiger charge is 2.18. The van der Waals surface area contributed by atoms with Gasteiger partial charge in [-0.05, 0) is 25.0 Å². The molecule has 88 valence electrons. The number of sulfone groups is 1. The van der Waals surface area contributed by atoms with Crippen LogP contribution >= 0.6 is 0 Å². The Kier molecular flexibility index (Phi) is 3.70. The molecular weight excluding hydrogens is 228 g/mol. The SMILES string of the molecule is CC(Cc1ccccc1C(=O)O)S(C)(=O)=O. The number of hydrogen-bond donors (Lipinski definition) is 1. The maximum absolute atomic E-state index is 11.3. The number of carboxylic acid groups (broad SMARTS) is 1. The van der Waals surface area contributed by atoms with Gasteiger partial charge >= 0.3 is 5.97 Å². The molecule has 0 radical (unpaired) electrons. The third-order valence-electron chi connectivity index (χ3n) is 2.49. The molecule has 1 atom stereocenters. The minimum atomic E-state index is -3.14. The molecule has 1 aromatic rings. The fourth-order valence-electron chi connectivity index (χ4n) is 1.37. The van der Waals surface area contributed by atoms with Crippen molar-refractivity contribution in [2.45, 2.75) is 18.6 Å². The molecule has 1 N–H and O–H groups in total. The Morgan fingerprint density at radius 3 is 2.44 bits per heavy atom. The molecule has 0 saturated heterocycles. The van der Waals surface area contributed by atoms with Crippen molar-refractivity contribution < 1.29 is 18.3 Å². The van der Waals surface area contributed by atoms with Gasteiger partial charge in [-0.1, -0.05) is 18.2 Å². The van der Waals surface area contributed by atoms with E-state index in [-0.39, 0.29) is 12.0 Å². The van der Waals surface area contributed by atoms with Crippen LogP contribution in [-0.2, 0) is 16.3 Å². The van der Waals surface area contributed by atoms with Gasteiger partial charge in [0.05, 0.1) is 10.8 Å². The zero-order valence-corrected chi connectivity index (χ0v) is 9.99. The van der Waals surface area contributed by atoms with Crippen LogP contribution in [0.25, 0.3) is 0 Å². The number of carbonyl (C=O) groups is 1. The van der Waals surface area contributed by atoms with Crippen molar-refractivity contribution in [2.24, 2.45) is 0 Å². The molecule has 1 unspecified atom stereocenters. The second kappa shape index (κ2) is 4.65. The molecule has 1 aromatic carbocycles. The quantitative estimate of drug-likeness (QED) is 0.865. The van der Waals surface area contributed by atoms with Crippen molar-refractivity contribution in [1.29, 1.82) is 0 Å². The van der Waals surface area contributed by atoms with E-state index < -0.39 is 21.1 Å². The van der Waals surface area contributed by atoms with E-state index in [1.807, 2.05) is 0 Å². The molecule has 0 amide bonds. The predicted octanol–water partition coefficient (Wildman–Crippen LogP) is 1.36. The summed E-state index contributed by atoms with van der Waals surface area (Å²) in [5.74, 6) is -1.03. The summed E-state index contributed by atoms with van der Waals surface area (Å²) in [6.07, 6.45) is 1.38. The smallest absolute Gasteiger partial charge is 0.335 e. The molecule has 0 bridgehead atoms. The van der Waals surface area contributed by atoms with Crippen molar-refractivity contribution in [3.8, 4) is 0 Å². The molecule has 0 heterocycles. The van der Waals surface area contributed by atoms with Crippen LogP contribution in [0.2, 0.25) is 0 Å². The topological polar surface area (TPSA) is 71.4 Å². The van der Waals surface area contributed by atoms with Gasteiger partial charge in [0, 0.05) is 6.26 Å². The van der Waals surface area contributed by atoms with Crippen molar-refractivity contribution in [3.05, 3.63) is 35.4 Å². The van der Waals surface area contributed by atoms with Gasteiger partial charge in [-0.25, -0.2) is 13.2 Å². The van der Waals surface area contributed by atoms with Crippen molar-refractivity contribution in [3.63, 3.8) is 0 Å². The molecule has 0 spiro atoms. The lowest BCUT2D eigenvalue weighted by Gasteiger charge is -2.11. The normalized spacial score (nSPS) is 13.4. The standard InChI is InChI=1S/C11H14O4S/c1-8(16(2,14)15)7-9-5-3-4-6-10(9)11(12)13/h3-6,8H,7H2,1-2H3,(H,12,13). The zero-order valence-electron chi connectivity index (χ0n) is 9.17. The summed E-state index contributed by atoms with van der Waals surface area (Å²) in [4.78, 5) is 10.9. The lowest BCUT2D eigenvalue weighted by molar-refractivity contribution is 0.0695. The van der Waals surface area contributed by atoms with Crippen molar-refractivity contribution in [2.75, 3.05) is 6.26 Å². The summed E-state index contributed by atoms with van der Waals surface area (Å²) in [6.45, 7) is 1.58. The van der Waals surface area contributed by atoms with E-state index in [2.05, 4.69) is 0 Å². The summed E-state index contributed by atoms with van der Waals surface area (Å²) >= 11 is 0. The molecule has 4 nitrogen and oxygen atoms in total. The number of rotatable bonds is 4. The first-order chi connectivity index (χ1) is 7.32. The second-order valence-electron chi connectivity index (χ2n) is 3.81. The molecule has 0 saturated carbocycles. The first-order valence-corrected chi connectivity index (χ1v) is 6.78. The van der Waals surface area contributed by atoms with Gasteiger partial charge in [0.1, 0.15) is 9.84 Å². The molecular formula is C11H14O4S. The van der Waals surface area contributed by atoms with Crippen LogP contribution in [-0.4, -0.2) is 31.0 Å². The van der Waals surface area contributed by atoms with Crippen LogP contribution < -0.4 is 0 Å². The molecule has 0 aromatic heterocycles. The van der Waals surface area contributed by atoms with Gasteiger partial charge in [-0.15, -0.1) is 0 Å². The third-order valence-corrected chi connectivity index (χ3v) is 4.11. The number of hydrogen-bond acceptors (Lipinski definition) is 3. The Balaban J connectivity index is 3.02. The van der Waals surface area contributed by atoms with E-state index in [9.17, 15) is 13.2 Å². The van der Waals surface area contributed by atoms with Crippen molar-refractivity contribution in [1.82, 2.24) is 0 Å². The van der Waals surface area contributed by atoms with Crippen LogP contribution in [0.15, 0.2) is 24.3 Å². The van der Waals surface area contributed by atoms with Crippen LogP contribution in [0.4, 0.5) is 0 Å². The predicted molar refractivity (Wildman–Crippen MR) is 61.4 cm³/mol. The maximum Gasteiger partial charge on any atom is 0.335 e. The van der Waals surface area contributed by atoms with Gasteiger partial charge < -0.3 is 5.11 Å². The Hall–Kier alpha value is -1.36. The van der Waals surface area contributed by atoms with Gasteiger partial charge in [0.25, 0.3) is 0 Å². The van der Waals surface area contributed by atoms with E-state index in [1.54, 1.807) is 25.1 Å². The lowest BCUT2D eigenvalue weighted by atomic mass is 10.0. The molecule has 0 aliphatic carbocycles. The zero-order chi connectivity index (χ0) is 12.3. The largest absolute Gasteiger partial charge is 0.478 e. The summed E-state index contributed by atoms with van der Waals surface area (Å²) in [5, 5.41) is 8.36. The highest BCUT2D eigenvalue weighted by atomic mass is 32.2. The third kappa shape index (κ3) is 3.06. The first kappa shape index (κ1) is 12.7. The second-order valence-corrected chi connectivity index (χ2v) is 6.27. The molecule has 0 aliphatic rings. The minimum absolute atomic E-state index is 0.165. The van der Waals surface area contributed by atoms with Gasteiger partial charge in [0.15, 0.2) is 0 Å². The summed E-state index contributed by atoms with van der Waals surface area (Å²) in [6, 6.07) is 6.45. The fourth-order valence-corrected chi connectivity index (χ4v) is 1.85. The van der Waals surface area contributed by atoms with Crippen LogP contribution in [0, 0.1) is 0 Å². The Labute approximate surface area is 94.8 Å². The maximum atomic E-state index is 11.3. The average molecular weight is 242 g/mol. The van der Waals surface area contributed by atoms with Crippen LogP contribution in [0.5, 0.6) is 0 Å². The Bertz CT molecular complexity index is 490. The number of aromatic carboxylic acids is 1. The van der Waals surface area contributed by atoms with E-state index in [0.29, 0.717) is 5.56 Å². The Morgan fingerprint density at radius 1 is 1.38 bits per heavy atom. The lowest BCUT2D eigenvalue weighted by Crippen LogP contribution is -2.20. The summed E-state index contributed by atoms with van der Waals surface area (Å²) in [7, 11) is -3.14. The summed E-state index contributed by atoms with van der Waals surface area (Å²) < 4.78 is 22.5. The fraction of sp³-hybridized carbons (Fsp3) is 0.364.